The van der Waals surface area contributed by atoms with Crippen LogP contribution in [-0.4, -0.2) is 12.5 Å². The average molecular weight is 99.1 g/mol. The molecule has 0 amide bonds. The van der Waals surface area contributed by atoms with Crippen LogP contribution in [0, 0.1) is 0 Å². The van der Waals surface area contributed by atoms with Crippen molar-refractivity contribution in [3.05, 3.63) is 12.2 Å². The Labute approximate surface area is 41.6 Å². The van der Waals surface area contributed by atoms with Gasteiger partial charge in [-0.1, -0.05) is 6.08 Å². The Morgan fingerprint density at radius 2 is 2.57 bits per heavy atom. The summed E-state index contributed by atoms with van der Waals surface area (Å²) in [5.41, 5.74) is 0. The maximum Gasteiger partial charge on any atom is 0.207 e. The predicted molar refractivity (Wildman–Crippen MR) is 27.2 cm³/mol. The third-order valence-corrected chi connectivity index (χ3v) is 0.814. The normalized spacial score (nSPS) is 19.3. The van der Waals surface area contributed by atoms with Gasteiger partial charge in [-0.05, 0) is 12.5 Å². The number of halogens is 1. The van der Waals surface area contributed by atoms with Crippen molar-refractivity contribution in [2.45, 2.75) is 6.42 Å². The van der Waals surface area contributed by atoms with E-state index in [0.717, 1.165) is 6.42 Å². The van der Waals surface area contributed by atoms with E-state index in [2.05, 4.69) is 4.99 Å². The fourth-order valence-electron chi connectivity index (χ4n) is 0.479. The van der Waals surface area contributed by atoms with E-state index in [4.69, 9.17) is 0 Å². The van der Waals surface area contributed by atoms with Crippen LogP contribution in [-0.2, 0) is 0 Å². The third kappa shape index (κ3) is 1.11. The zero-order chi connectivity index (χ0) is 5.11. The maximum absolute atomic E-state index is 11.8. The van der Waals surface area contributed by atoms with Crippen LogP contribution >= 0.6 is 0 Å². The van der Waals surface area contributed by atoms with Crippen LogP contribution in [0.2, 0.25) is 0 Å². The fraction of sp³-hybridized carbons (Fsp3) is 0.400. The van der Waals surface area contributed by atoms with Gasteiger partial charge in [0.2, 0.25) is 5.97 Å². The highest BCUT2D eigenvalue weighted by atomic mass is 19.1. The number of dihydropyridines is 1. The molecule has 0 fully saturated rings. The second-order valence-corrected chi connectivity index (χ2v) is 1.40. The van der Waals surface area contributed by atoms with Crippen molar-refractivity contribution in [1.82, 2.24) is 0 Å². The van der Waals surface area contributed by atoms with Gasteiger partial charge in [0.15, 0.2) is 0 Å². The smallest absolute Gasteiger partial charge is 0.207 e. The van der Waals surface area contributed by atoms with Gasteiger partial charge in [-0.25, -0.2) is 0 Å². The molecule has 38 valence electrons. The molecule has 2 heteroatoms. The van der Waals surface area contributed by atoms with Crippen LogP contribution in [0.5, 0.6) is 0 Å². The van der Waals surface area contributed by atoms with Gasteiger partial charge in [0.05, 0.1) is 0 Å². The Bertz CT molecular complexity index is 115. The van der Waals surface area contributed by atoms with E-state index in [1.54, 1.807) is 6.08 Å². The highest BCUT2D eigenvalue weighted by Crippen LogP contribution is 1.95. The lowest BCUT2D eigenvalue weighted by molar-refractivity contribution is 0.785. The molecular weight excluding hydrogens is 93.1 g/mol. The SMILES string of the molecule is FC1=NCCC=C1. The molecule has 1 aliphatic rings. The lowest BCUT2D eigenvalue weighted by Crippen LogP contribution is -1.91. The summed E-state index contributed by atoms with van der Waals surface area (Å²) in [5.74, 6) is -0.341. The monoisotopic (exact) mass is 99.0 g/mol. The van der Waals surface area contributed by atoms with Crippen molar-refractivity contribution >= 4 is 5.97 Å². The van der Waals surface area contributed by atoms with Gasteiger partial charge >= 0.3 is 0 Å². The Hall–Kier alpha value is -0.660. The second kappa shape index (κ2) is 1.87. The van der Waals surface area contributed by atoms with E-state index in [0.29, 0.717) is 6.54 Å². The highest BCUT2D eigenvalue weighted by molar-refractivity contribution is 5.86. The van der Waals surface area contributed by atoms with Gasteiger partial charge in [0, 0.05) is 6.54 Å². The summed E-state index contributed by atoms with van der Waals surface area (Å²) in [6.07, 6.45) is 4.05. The minimum atomic E-state index is -0.341. The van der Waals surface area contributed by atoms with Crippen molar-refractivity contribution in [2.24, 2.45) is 4.99 Å². The molecule has 0 atom stereocenters. The molecule has 0 unspecified atom stereocenters. The van der Waals surface area contributed by atoms with E-state index in [1.807, 2.05) is 0 Å². The third-order valence-electron chi connectivity index (χ3n) is 0.814. The van der Waals surface area contributed by atoms with Crippen LogP contribution in [0.25, 0.3) is 0 Å². The Morgan fingerprint density at radius 3 is 2.86 bits per heavy atom. The zero-order valence-electron chi connectivity index (χ0n) is 3.89. The minimum Gasteiger partial charge on any atom is -0.258 e. The number of aliphatic imine (C=N–C) groups is 1. The summed E-state index contributed by atoms with van der Waals surface area (Å²) in [5, 5.41) is 0. The van der Waals surface area contributed by atoms with Crippen LogP contribution in [0.15, 0.2) is 17.1 Å². The summed E-state index contributed by atoms with van der Waals surface area (Å²) >= 11 is 0. The van der Waals surface area contributed by atoms with E-state index < -0.39 is 0 Å². The molecule has 0 aromatic heterocycles. The molecule has 7 heavy (non-hydrogen) atoms. The quantitative estimate of drug-likeness (QED) is 0.434. The topological polar surface area (TPSA) is 12.4 Å². The summed E-state index contributed by atoms with van der Waals surface area (Å²) in [4.78, 5) is 3.49. The molecule has 0 aromatic rings. The number of hydrogen-bond donors (Lipinski definition) is 0. The van der Waals surface area contributed by atoms with E-state index in [9.17, 15) is 4.39 Å². The molecular formula is C5H6FN. The summed E-state index contributed by atoms with van der Waals surface area (Å²) in [6.45, 7) is 0.613. The summed E-state index contributed by atoms with van der Waals surface area (Å²) < 4.78 is 11.8. The van der Waals surface area contributed by atoms with Crippen LogP contribution < -0.4 is 0 Å². The largest absolute Gasteiger partial charge is 0.258 e. The molecule has 0 radical (unpaired) electrons. The van der Waals surface area contributed by atoms with Crippen LogP contribution in [0.3, 0.4) is 0 Å². The van der Waals surface area contributed by atoms with Gasteiger partial charge in [0.1, 0.15) is 0 Å². The molecule has 0 saturated heterocycles. The molecule has 0 aliphatic carbocycles. The van der Waals surface area contributed by atoms with E-state index in [-0.39, 0.29) is 5.97 Å². The number of hydrogen-bond acceptors (Lipinski definition) is 1. The molecule has 0 aromatic carbocycles. The Kier molecular flexibility index (Phi) is 1.20. The van der Waals surface area contributed by atoms with Gasteiger partial charge in [0.25, 0.3) is 0 Å². The number of allylic oxidation sites excluding steroid dienone is 1. The van der Waals surface area contributed by atoms with E-state index in [1.165, 1.54) is 6.08 Å². The second-order valence-electron chi connectivity index (χ2n) is 1.40. The van der Waals surface area contributed by atoms with Gasteiger partial charge in [-0.2, -0.15) is 4.39 Å². The van der Waals surface area contributed by atoms with Crippen molar-refractivity contribution in [2.75, 3.05) is 6.54 Å². The van der Waals surface area contributed by atoms with Gasteiger partial charge in [-0.3, -0.25) is 4.99 Å². The van der Waals surface area contributed by atoms with Crippen molar-refractivity contribution < 1.29 is 4.39 Å². The van der Waals surface area contributed by atoms with E-state index >= 15 is 0 Å². The first-order chi connectivity index (χ1) is 3.39. The molecule has 1 aliphatic heterocycles. The minimum absolute atomic E-state index is 0.341. The summed E-state index contributed by atoms with van der Waals surface area (Å²) in [6, 6.07) is 0. The Morgan fingerprint density at radius 1 is 1.71 bits per heavy atom. The molecule has 0 spiro atoms. The fourth-order valence-corrected chi connectivity index (χ4v) is 0.479. The lowest BCUT2D eigenvalue weighted by Gasteiger charge is -1.93. The summed E-state index contributed by atoms with van der Waals surface area (Å²) in [7, 11) is 0. The van der Waals surface area contributed by atoms with Crippen LogP contribution in [0.1, 0.15) is 6.42 Å². The molecule has 0 saturated carbocycles. The van der Waals surface area contributed by atoms with Crippen molar-refractivity contribution in [3.63, 3.8) is 0 Å². The predicted octanol–water partition coefficient (Wildman–Crippen LogP) is 1.31. The van der Waals surface area contributed by atoms with Gasteiger partial charge in [-0.15, -0.1) is 0 Å². The van der Waals surface area contributed by atoms with Crippen molar-refractivity contribution in [3.8, 4) is 0 Å². The number of rotatable bonds is 0. The molecule has 1 rings (SSSR count). The molecule has 1 nitrogen and oxygen atoms in total. The van der Waals surface area contributed by atoms with Gasteiger partial charge < -0.3 is 0 Å². The first-order valence-electron chi connectivity index (χ1n) is 2.26. The molecule has 0 bridgehead atoms. The Balaban J connectivity index is 2.58. The average Bonchev–Trinajstić information content (AvgIpc) is 1.69. The number of nitrogens with zero attached hydrogens (tertiary/aromatic N) is 1. The maximum atomic E-state index is 11.8. The standard InChI is InChI=1S/C5H6FN/c6-5-3-1-2-4-7-5/h1,3H,2,4H2. The zero-order valence-corrected chi connectivity index (χ0v) is 3.89. The highest BCUT2D eigenvalue weighted by Gasteiger charge is 1.91. The first kappa shape index (κ1) is 4.50. The molecule has 1 heterocycles. The van der Waals surface area contributed by atoms with Crippen molar-refractivity contribution in [1.29, 1.82) is 0 Å². The molecule has 0 N–H and O–H groups in total. The lowest BCUT2D eigenvalue weighted by atomic mass is 10.3. The van der Waals surface area contributed by atoms with Crippen LogP contribution in [0.4, 0.5) is 4.39 Å². The first-order valence-corrected chi connectivity index (χ1v) is 2.26.